The van der Waals surface area contributed by atoms with Gasteiger partial charge < -0.3 is 16.0 Å². The fourth-order valence-corrected chi connectivity index (χ4v) is 7.08. The first-order chi connectivity index (χ1) is 22.0. The first kappa shape index (κ1) is 33.3. The zero-order chi connectivity index (χ0) is 33.2. The van der Waals surface area contributed by atoms with Gasteiger partial charge >= 0.3 is 0 Å². The van der Waals surface area contributed by atoms with E-state index < -0.39 is 5.66 Å². The number of allylic oxidation sites excluding steroid dienone is 1. The molecule has 3 N–H and O–H groups in total. The molecular weight excluding hydrogens is 603 g/mol. The number of aromatic nitrogens is 2. The highest BCUT2D eigenvalue weighted by molar-refractivity contribution is 7.17. The lowest BCUT2D eigenvalue weighted by Gasteiger charge is -2.38. The maximum atomic E-state index is 14.5. The van der Waals surface area contributed by atoms with Gasteiger partial charge in [0.25, 0.3) is 5.66 Å². The molecule has 1 fully saturated rings. The number of rotatable bonds is 8. The average Bonchev–Trinajstić information content (AvgIpc) is 3.23. The molecule has 2 atom stereocenters. The predicted molar refractivity (Wildman–Crippen MR) is 184 cm³/mol. The molecule has 2 unspecified atom stereocenters. The van der Waals surface area contributed by atoms with E-state index >= 15 is 0 Å². The molecule has 3 aromatic rings. The average molecular weight is 646 g/mol. The molecule has 0 amide bonds. The third-order valence-corrected chi connectivity index (χ3v) is 9.63. The van der Waals surface area contributed by atoms with Crippen molar-refractivity contribution >= 4 is 38.0 Å². The summed E-state index contributed by atoms with van der Waals surface area (Å²) in [7, 11) is 3.13. The van der Waals surface area contributed by atoms with Gasteiger partial charge in [-0.3, -0.25) is 4.79 Å². The number of ketones is 1. The molecule has 10 heteroatoms. The first-order valence-electron chi connectivity index (χ1n) is 15.8. The highest BCUT2D eigenvalue weighted by Gasteiger charge is 2.38. The molecule has 1 aromatic heterocycles. The van der Waals surface area contributed by atoms with E-state index in [1.165, 1.54) is 55.1 Å². The van der Waals surface area contributed by atoms with Gasteiger partial charge in [0.15, 0.2) is 11.7 Å². The van der Waals surface area contributed by atoms with Gasteiger partial charge in [-0.1, -0.05) is 53.4 Å². The standard InChI is InChI=1S/C32H36F2N5OP.C4H6O/c1-19(35)29-23(14-15-24(31(29)36-2)32(33,34)41)28(18-40)38-17-16-27-30-25(8-3-4-9-26(30)38)37-39(27)22-12-10-21(11-13-22)20-6-5-7-20;1-3-4(2)5/h10-15,20,26,36H,1,3-9,16-17,35,41H2,2H3;3H,1H2,2H3. The summed E-state index contributed by atoms with van der Waals surface area (Å²) in [6, 6.07) is 11.6. The Hall–Kier alpha value is -4.06. The largest absolute Gasteiger partial charge is 0.399 e. The van der Waals surface area contributed by atoms with Crippen LogP contribution in [0.1, 0.15) is 96.6 Å². The van der Waals surface area contributed by atoms with Crippen molar-refractivity contribution in [3.63, 3.8) is 0 Å². The van der Waals surface area contributed by atoms with Crippen LogP contribution >= 0.6 is 9.24 Å². The van der Waals surface area contributed by atoms with Crippen LogP contribution in [0, 0.1) is 0 Å². The van der Waals surface area contributed by atoms with Crippen molar-refractivity contribution in [2.75, 3.05) is 18.9 Å². The smallest absolute Gasteiger partial charge is 0.285 e. The zero-order valence-corrected chi connectivity index (χ0v) is 27.7. The number of nitrogens with zero attached hydrogens (tertiary/aromatic N) is 3. The number of benzene rings is 2. The maximum absolute atomic E-state index is 14.5. The van der Waals surface area contributed by atoms with Crippen LogP contribution in [0.15, 0.2) is 55.6 Å². The van der Waals surface area contributed by atoms with Gasteiger partial charge in [0.05, 0.1) is 28.8 Å². The molecule has 6 rings (SSSR count). The molecular formula is C36H42F2N5O2P. The molecule has 2 aromatic carbocycles. The lowest BCUT2D eigenvalue weighted by atomic mass is 9.80. The quantitative estimate of drug-likeness (QED) is 0.152. The highest BCUT2D eigenvalue weighted by atomic mass is 31.0. The van der Waals surface area contributed by atoms with Crippen LogP contribution in [-0.2, 0) is 28.1 Å². The van der Waals surface area contributed by atoms with Gasteiger partial charge in [0.1, 0.15) is 5.70 Å². The second-order valence-electron chi connectivity index (χ2n) is 12.2. The van der Waals surface area contributed by atoms with Gasteiger partial charge in [0.2, 0.25) is 0 Å². The summed E-state index contributed by atoms with van der Waals surface area (Å²) in [6.07, 6.45) is 9.56. The Morgan fingerprint density at radius 3 is 2.37 bits per heavy atom. The molecule has 46 heavy (non-hydrogen) atoms. The van der Waals surface area contributed by atoms with E-state index in [0.29, 0.717) is 35.7 Å². The molecule has 0 bridgehead atoms. The van der Waals surface area contributed by atoms with Gasteiger partial charge in [-0.2, -0.15) is 13.9 Å². The van der Waals surface area contributed by atoms with E-state index in [2.05, 4.69) is 58.3 Å². The van der Waals surface area contributed by atoms with Crippen molar-refractivity contribution in [1.82, 2.24) is 14.7 Å². The van der Waals surface area contributed by atoms with Crippen LogP contribution in [0.5, 0.6) is 0 Å². The summed E-state index contributed by atoms with van der Waals surface area (Å²) in [5.74, 6) is 2.86. The second kappa shape index (κ2) is 13.7. The third kappa shape index (κ3) is 6.44. The number of aryl methyl sites for hydroxylation is 1. The van der Waals surface area contributed by atoms with Crippen LogP contribution in [0.3, 0.4) is 0 Å². The second-order valence-corrected chi connectivity index (χ2v) is 12.9. The van der Waals surface area contributed by atoms with Gasteiger partial charge in [-0.15, -0.1) is 0 Å². The summed E-state index contributed by atoms with van der Waals surface area (Å²) in [4.78, 5) is 24.5. The SMILES string of the molecule is C=C(N)c1c(C(=C=O)N2CCc3c4c(nn3-c3ccc(C5CCC5)cc3)CCCCC42)ccc(C(F)(F)P)c1NC.C=CC(C)=O. The summed E-state index contributed by atoms with van der Waals surface area (Å²) in [5.41, 5.74) is 9.95. The number of halogens is 2. The minimum absolute atomic E-state index is 0.0185. The van der Waals surface area contributed by atoms with Crippen molar-refractivity contribution < 1.29 is 18.4 Å². The van der Waals surface area contributed by atoms with E-state index in [1.54, 1.807) is 22.4 Å². The number of hydrogen-bond donors (Lipinski definition) is 2. The number of hydrogen-bond acceptors (Lipinski definition) is 6. The molecule has 2 aliphatic carbocycles. The monoisotopic (exact) mass is 645 g/mol. The maximum Gasteiger partial charge on any atom is 0.285 e. The molecule has 0 spiro atoms. The van der Waals surface area contributed by atoms with E-state index in [9.17, 15) is 18.4 Å². The Balaban J connectivity index is 0.000000775. The lowest BCUT2D eigenvalue weighted by molar-refractivity contribution is -0.112. The van der Waals surface area contributed by atoms with E-state index in [-0.39, 0.29) is 28.8 Å². The van der Waals surface area contributed by atoms with Crippen molar-refractivity contribution in [1.29, 1.82) is 0 Å². The fourth-order valence-electron chi connectivity index (χ4n) is 6.84. The van der Waals surface area contributed by atoms with Crippen LogP contribution in [-0.4, -0.2) is 40.0 Å². The summed E-state index contributed by atoms with van der Waals surface area (Å²) in [5, 5.41) is 7.98. The number of carbonyl (C=O) groups excluding carboxylic acids is 2. The minimum atomic E-state index is -3.19. The summed E-state index contributed by atoms with van der Waals surface area (Å²) in [6.45, 7) is 9.11. The Kier molecular flexibility index (Phi) is 9.95. The molecule has 1 saturated carbocycles. The fraction of sp³-hybridized carbons (Fsp3) is 0.389. The van der Waals surface area contributed by atoms with Crippen molar-refractivity contribution in [3.8, 4) is 5.69 Å². The Morgan fingerprint density at radius 2 is 1.83 bits per heavy atom. The van der Waals surface area contributed by atoms with E-state index in [1.807, 2.05) is 0 Å². The summed E-state index contributed by atoms with van der Waals surface area (Å²) >= 11 is 0. The summed E-state index contributed by atoms with van der Waals surface area (Å²) < 4.78 is 31.0. The van der Waals surface area contributed by atoms with Gasteiger partial charge in [-0.05, 0) is 74.8 Å². The Labute approximate surface area is 271 Å². The number of carbonyl (C=O) groups is 1. The number of nitrogens with one attached hydrogen (secondary N) is 1. The number of nitrogens with two attached hydrogens (primary N) is 1. The number of alkyl halides is 2. The van der Waals surface area contributed by atoms with Crippen LogP contribution in [0.2, 0.25) is 0 Å². The zero-order valence-electron chi connectivity index (χ0n) is 26.5. The lowest BCUT2D eigenvalue weighted by Crippen LogP contribution is -2.35. The highest BCUT2D eigenvalue weighted by Crippen LogP contribution is 2.47. The Bertz CT molecular complexity index is 1700. The minimum Gasteiger partial charge on any atom is -0.399 e. The molecule has 0 saturated heterocycles. The molecule has 7 nitrogen and oxygen atoms in total. The predicted octanol–water partition coefficient (Wildman–Crippen LogP) is 7.30. The third-order valence-electron chi connectivity index (χ3n) is 9.31. The first-order valence-corrected chi connectivity index (χ1v) is 16.4. The Morgan fingerprint density at radius 1 is 1.13 bits per heavy atom. The molecule has 242 valence electrons. The number of anilines is 1. The van der Waals surface area contributed by atoms with E-state index in [4.69, 9.17) is 10.8 Å². The van der Waals surface area contributed by atoms with Crippen molar-refractivity contribution in [3.05, 3.63) is 94.8 Å². The van der Waals surface area contributed by atoms with Gasteiger partial charge in [0, 0.05) is 48.0 Å². The van der Waals surface area contributed by atoms with Crippen LogP contribution in [0.25, 0.3) is 17.1 Å². The molecule has 1 aliphatic heterocycles. The van der Waals surface area contributed by atoms with Crippen LogP contribution in [0.4, 0.5) is 14.5 Å². The van der Waals surface area contributed by atoms with Gasteiger partial charge in [-0.25, -0.2) is 9.48 Å². The van der Waals surface area contributed by atoms with Crippen molar-refractivity contribution in [2.45, 2.75) is 75.9 Å². The normalized spacial score (nSPS) is 17.3. The topological polar surface area (TPSA) is 93.2 Å². The molecule has 3 aliphatic rings. The molecule has 0 radical (unpaired) electrons. The van der Waals surface area contributed by atoms with Crippen LogP contribution < -0.4 is 11.1 Å². The van der Waals surface area contributed by atoms with Crippen molar-refractivity contribution in [2.24, 2.45) is 5.73 Å². The van der Waals surface area contributed by atoms with E-state index in [0.717, 1.165) is 37.1 Å². The molecule has 2 heterocycles.